The molecule has 1 aliphatic heterocycles. The smallest absolute Gasteiger partial charge is 0.200 e. The molecule has 0 radical (unpaired) electrons. The van der Waals surface area contributed by atoms with Crippen LogP contribution >= 0.6 is 0 Å². The molecule has 1 unspecified atom stereocenters. The molecule has 0 aliphatic carbocycles. The fraction of sp³-hybridized carbons (Fsp3) is 0.500. The van der Waals surface area contributed by atoms with Crippen molar-refractivity contribution >= 4 is 0 Å². The minimum absolute atomic E-state index is 0.0162. The lowest BCUT2D eigenvalue weighted by Crippen LogP contribution is -2.33. The average molecular weight is 239 g/mol. The Labute approximate surface area is 100 Å². The highest BCUT2D eigenvalue weighted by atomic mass is 16.5. The number of phenols is 1. The summed E-state index contributed by atoms with van der Waals surface area (Å²) in [5.74, 6) is 0.810. The molecule has 0 amide bonds. The molecular formula is C12H17NO4. The summed E-state index contributed by atoms with van der Waals surface area (Å²) in [6.45, 7) is 2.29. The maximum Gasteiger partial charge on any atom is 0.200 e. The molecule has 1 heterocycles. The van der Waals surface area contributed by atoms with Crippen LogP contribution in [0.2, 0.25) is 0 Å². The molecule has 1 atom stereocenters. The van der Waals surface area contributed by atoms with Gasteiger partial charge in [-0.2, -0.15) is 0 Å². The lowest BCUT2D eigenvalue weighted by atomic mass is 10.1. The first-order valence-corrected chi connectivity index (χ1v) is 5.53. The zero-order valence-corrected chi connectivity index (χ0v) is 10.0. The highest BCUT2D eigenvalue weighted by Crippen LogP contribution is 2.39. The second-order valence-electron chi connectivity index (χ2n) is 3.84. The van der Waals surface area contributed by atoms with E-state index < -0.39 is 0 Å². The van der Waals surface area contributed by atoms with Crippen molar-refractivity contribution in [1.82, 2.24) is 5.32 Å². The Morgan fingerprint density at radius 2 is 1.94 bits per heavy atom. The van der Waals surface area contributed by atoms with E-state index in [1.54, 1.807) is 12.1 Å². The van der Waals surface area contributed by atoms with Crippen LogP contribution < -0.4 is 14.8 Å². The van der Waals surface area contributed by atoms with Gasteiger partial charge in [0.1, 0.15) is 0 Å². The molecule has 5 nitrogen and oxygen atoms in total. The van der Waals surface area contributed by atoms with Gasteiger partial charge in [-0.15, -0.1) is 0 Å². The van der Waals surface area contributed by atoms with Crippen LogP contribution in [-0.2, 0) is 4.74 Å². The van der Waals surface area contributed by atoms with Crippen LogP contribution in [0.5, 0.6) is 17.2 Å². The number of phenolic OH excluding ortho intramolecular Hbond substituents is 1. The number of morpholine rings is 1. The van der Waals surface area contributed by atoms with Crippen molar-refractivity contribution in [1.29, 1.82) is 0 Å². The van der Waals surface area contributed by atoms with Crippen LogP contribution in [0.25, 0.3) is 0 Å². The van der Waals surface area contributed by atoms with Crippen LogP contribution in [-0.4, -0.2) is 39.0 Å². The Kier molecular flexibility index (Phi) is 3.71. The zero-order chi connectivity index (χ0) is 12.3. The molecule has 0 aromatic heterocycles. The van der Waals surface area contributed by atoms with Crippen molar-refractivity contribution in [2.45, 2.75) is 6.10 Å². The predicted molar refractivity (Wildman–Crippen MR) is 62.8 cm³/mol. The van der Waals surface area contributed by atoms with E-state index in [9.17, 15) is 5.11 Å². The largest absolute Gasteiger partial charge is 0.502 e. The minimum Gasteiger partial charge on any atom is -0.502 e. The Morgan fingerprint density at radius 1 is 1.29 bits per heavy atom. The number of aromatic hydroxyl groups is 1. The summed E-state index contributed by atoms with van der Waals surface area (Å²) in [4.78, 5) is 0. The third-order valence-electron chi connectivity index (χ3n) is 2.80. The van der Waals surface area contributed by atoms with Gasteiger partial charge < -0.3 is 24.6 Å². The van der Waals surface area contributed by atoms with Crippen LogP contribution in [0.4, 0.5) is 0 Å². The standard InChI is InChI=1S/C12H17NO4/c1-15-9-5-8(6-10(16-2)12(9)14)11-7-13-3-4-17-11/h5-6,11,13-14H,3-4,7H2,1-2H3. The Hall–Kier alpha value is -1.46. The molecule has 94 valence electrons. The van der Waals surface area contributed by atoms with Gasteiger partial charge in [0.15, 0.2) is 11.5 Å². The molecule has 1 aliphatic rings. The van der Waals surface area contributed by atoms with Crippen molar-refractivity contribution in [2.24, 2.45) is 0 Å². The molecule has 1 aromatic carbocycles. The fourth-order valence-electron chi connectivity index (χ4n) is 1.88. The monoisotopic (exact) mass is 239 g/mol. The second-order valence-corrected chi connectivity index (χ2v) is 3.84. The summed E-state index contributed by atoms with van der Waals surface area (Å²) >= 11 is 0. The third-order valence-corrected chi connectivity index (χ3v) is 2.80. The summed E-state index contributed by atoms with van der Waals surface area (Å²) in [5, 5.41) is 13.1. The lowest BCUT2D eigenvalue weighted by molar-refractivity contribution is 0.0274. The number of rotatable bonds is 3. The number of hydrogen-bond donors (Lipinski definition) is 2. The van der Waals surface area contributed by atoms with Crippen LogP contribution in [0.15, 0.2) is 12.1 Å². The van der Waals surface area contributed by atoms with E-state index in [2.05, 4.69) is 5.32 Å². The highest BCUT2D eigenvalue weighted by molar-refractivity contribution is 5.53. The van der Waals surface area contributed by atoms with Crippen molar-refractivity contribution in [2.75, 3.05) is 33.9 Å². The van der Waals surface area contributed by atoms with Crippen LogP contribution in [0.3, 0.4) is 0 Å². The molecule has 1 saturated heterocycles. The van der Waals surface area contributed by atoms with Crippen molar-refractivity contribution < 1.29 is 19.3 Å². The molecule has 1 fully saturated rings. The first-order chi connectivity index (χ1) is 8.26. The van der Waals surface area contributed by atoms with E-state index in [4.69, 9.17) is 14.2 Å². The van der Waals surface area contributed by atoms with E-state index in [1.165, 1.54) is 14.2 Å². The molecule has 5 heteroatoms. The van der Waals surface area contributed by atoms with Gasteiger partial charge in [0.25, 0.3) is 0 Å². The minimum atomic E-state index is -0.0350. The van der Waals surface area contributed by atoms with Crippen LogP contribution in [0, 0.1) is 0 Å². The van der Waals surface area contributed by atoms with Crippen LogP contribution in [0.1, 0.15) is 11.7 Å². The topological polar surface area (TPSA) is 60.0 Å². The quantitative estimate of drug-likeness (QED) is 0.826. The molecule has 2 N–H and O–H groups in total. The van der Waals surface area contributed by atoms with Crippen molar-refractivity contribution in [3.8, 4) is 17.2 Å². The first-order valence-electron chi connectivity index (χ1n) is 5.53. The summed E-state index contributed by atoms with van der Waals surface area (Å²) < 4.78 is 15.9. The van der Waals surface area contributed by atoms with E-state index in [0.29, 0.717) is 18.1 Å². The first kappa shape index (κ1) is 12.0. The van der Waals surface area contributed by atoms with E-state index in [-0.39, 0.29) is 11.9 Å². The Morgan fingerprint density at radius 3 is 2.41 bits per heavy atom. The van der Waals surface area contributed by atoms with Gasteiger partial charge >= 0.3 is 0 Å². The molecule has 1 aromatic rings. The predicted octanol–water partition coefficient (Wildman–Crippen LogP) is 1.07. The van der Waals surface area contributed by atoms with Gasteiger partial charge in [0.2, 0.25) is 5.75 Å². The SMILES string of the molecule is COc1cc(C2CNCCO2)cc(OC)c1O. The van der Waals surface area contributed by atoms with Gasteiger partial charge in [-0.25, -0.2) is 0 Å². The number of nitrogens with one attached hydrogen (secondary N) is 1. The summed E-state index contributed by atoms with van der Waals surface area (Å²) in [5.41, 5.74) is 0.934. The molecule has 0 spiro atoms. The van der Waals surface area contributed by atoms with E-state index in [1.807, 2.05) is 0 Å². The van der Waals surface area contributed by atoms with Crippen molar-refractivity contribution in [3.63, 3.8) is 0 Å². The molecule has 0 saturated carbocycles. The summed E-state index contributed by atoms with van der Waals surface area (Å²) in [6.07, 6.45) is -0.0350. The van der Waals surface area contributed by atoms with E-state index in [0.717, 1.165) is 18.7 Å². The number of benzene rings is 1. The molecule has 17 heavy (non-hydrogen) atoms. The van der Waals surface area contributed by atoms with Gasteiger partial charge in [-0.1, -0.05) is 0 Å². The van der Waals surface area contributed by atoms with Gasteiger partial charge in [0.05, 0.1) is 26.9 Å². The third kappa shape index (κ3) is 2.45. The average Bonchev–Trinajstić information content (AvgIpc) is 2.40. The number of hydrogen-bond acceptors (Lipinski definition) is 5. The normalized spacial score (nSPS) is 20.0. The highest BCUT2D eigenvalue weighted by Gasteiger charge is 2.20. The fourth-order valence-corrected chi connectivity index (χ4v) is 1.88. The van der Waals surface area contributed by atoms with Gasteiger partial charge in [-0.05, 0) is 17.7 Å². The Bertz CT molecular complexity index is 363. The maximum atomic E-state index is 9.81. The van der Waals surface area contributed by atoms with Gasteiger partial charge in [0, 0.05) is 13.1 Å². The zero-order valence-electron chi connectivity index (χ0n) is 10.0. The Balaban J connectivity index is 2.33. The summed E-state index contributed by atoms with van der Waals surface area (Å²) in [6, 6.07) is 3.55. The number of methoxy groups -OCH3 is 2. The van der Waals surface area contributed by atoms with Gasteiger partial charge in [-0.3, -0.25) is 0 Å². The van der Waals surface area contributed by atoms with E-state index >= 15 is 0 Å². The molecule has 2 rings (SSSR count). The van der Waals surface area contributed by atoms with Crippen molar-refractivity contribution in [3.05, 3.63) is 17.7 Å². The maximum absolute atomic E-state index is 9.81. The molecule has 0 bridgehead atoms. The molecular weight excluding hydrogens is 222 g/mol. The second kappa shape index (κ2) is 5.25. The summed E-state index contributed by atoms with van der Waals surface area (Å²) in [7, 11) is 3.02. The lowest BCUT2D eigenvalue weighted by Gasteiger charge is -2.24. The number of ether oxygens (including phenoxy) is 3.